The third kappa shape index (κ3) is 10.6. The lowest BCUT2D eigenvalue weighted by Crippen LogP contribution is -2.35. The Morgan fingerprint density at radius 1 is 0.615 bits per heavy atom. The molecule has 6 N–H and O–H groups in total. The van der Waals surface area contributed by atoms with Gasteiger partial charge < -0.3 is 22.1 Å². The molecule has 10 heteroatoms. The van der Waals surface area contributed by atoms with E-state index in [2.05, 4.69) is 20.6 Å². The van der Waals surface area contributed by atoms with Crippen molar-refractivity contribution in [2.75, 3.05) is 13.1 Å². The van der Waals surface area contributed by atoms with Crippen LogP contribution in [0.5, 0.6) is 0 Å². The number of rotatable bonds is 20. The first-order chi connectivity index (χ1) is 18.7. The molecule has 2 aromatic rings. The second-order valence-electron chi connectivity index (χ2n) is 9.83. The molecule has 0 aliphatic rings. The van der Waals surface area contributed by atoms with Crippen LogP contribution in [0.2, 0.25) is 0 Å². The highest BCUT2D eigenvalue weighted by Crippen LogP contribution is 2.12. The molecule has 0 aliphatic carbocycles. The third-order valence-electron chi connectivity index (χ3n) is 6.75. The van der Waals surface area contributed by atoms with Crippen molar-refractivity contribution < 1.29 is 19.2 Å². The zero-order valence-electron chi connectivity index (χ0n) is 23.1. The molecular formula is C29H42N6O4. The standard InChI is InChI=1S/C29H42N6O4/c1-20(26(36)24-18-32-16-12-22(24)28(30)38)34-14-10-8-6-4-3-5-7-9-11-15-35-21(2)27(37)25-19-33-17-13-23(25)29(31)39/h12-13,16-21,34-35H,3-11,14-15H2,1-2H3,(H2,30,38)(H2,31,39). The normalized spacial score (nSPS) is 12.6. The van der Waals surface area contributed by atoms with Crippen LogP contribution >= 0.6 is 0 Å². The number of carbonyl (C=O) groups excluding carboxylic acids is 4. The maximum Gasteiger partial charge on any atom is 0.249 e. The number of primary amides is 2. The van der Waals surface area contributed by atoms with E-state index in [0.717, 1.165) is 51.6 Å². The predicted octanol–water partition coefficient (Wildman–Crippen LogP) is 3.21. The molecule has 0 bridgehead atoms. The van der Waals surface area contributed by atoms with Crippen molar-refractivity contribution in [3.8, 4) is 0 Å². The van der Waals surface area contributed by atoms with E-state index < -0.39 is 23.9 Å². The highest BCUT2D eigenvalue weighted by Gasteiger charge is 2.21. The SMILES string of the molecule is CC(NCCCCCCCCCCCNC(C)C(=O)c1cnccc1C(N)=O)C(=O)c1cnccc1C(N)=O. The Hall–Kier alpha value is -3.50. The minimum absolute atomic E-state index is 0.182. The molecule has 2 atom stereocenters. The summed E-state index contributed by atoms with van der Waals surface area (Å²) in [5.74, 6) is -1.62. The van der Waals surface area contributed by atoms with E-state index in [1.807, 2.05) is 0 Å². The molecule has 0 aliphatic heterocycles. The maximum atomic E-state index is 12.6. The van der Waals surface area contributed by atoms with Crippen molar-refractivity contribution in [1.29, 1.82) is 0 Å². The topological polar surface area (TPSA) is 170 Å². The molecule has 2 unspecified atom stereocenters. The fraction of sp³-hybridized carbons (Fsp3) is 0.517. The molecule has 2 heterocycles. The van der Waals surface area contributed by atoms with Crippen molar-refractivity contribution in [3.63, 3.8) is 0 Å². The summed E-state index contributed by atoms with van der Waals surface area (Å²) in [5.41, 5.74) is 11.6. The molecule has 0 aromatic carbocycles. The van der Waals surface area contributed by atoms with Gasteiger partial charge in [-0.15, -0.1) is 0 Å². The Balaban J connectivity index is 1.48. The van der Waals surface area contributed by atoms with Crippen molar-refractivity contribution >= 4 is 23.4 Å². The molecule has 2 rings (SSSR count). The predicted molar refractivity (Wildman–Crippen MR) is 151 cm³/mol. The molecule has 10 nitrogen and oxygen atoms in total. The Morgan fingerprint density at radius 3 is 1.28 bits per heavy atom. The highest BCUT2D eigenvalue weighted by molar-refractivity contribution is 6.09. The van der Waals surface area contributed by atoms with Gasteiger partial charge in [0.2, 0.25) is 11.8 Å². The summed E-state index contributed by atoms with van der Waals surface area (Å²) in [6, 6.07) is 2.11. The number of nitrogens with two attached hydrogens (primary N) is 2. The minimum atomic E-state index is -0.631. The van der Waals surface area contributed by atoms with Gasteiger partial charge in [0.15, 0.2) is 11.6 Å². The number of unbranched alkanes of at least 4 members (excludes halogenated alkanes) is 8. The first-order valence-electron chi connectivity index (χ1n) is 13.8. The summed E-state index contributed by atoms with van der Waals surface area (Å²) >= 11 is 0. The first kappa shape index (κ1) is 31.7. The van der Waals surface area contributed by atoms with Gasteiger partial charge in [-0.1, -0.05) is 44.9 Å². The molecule has 0 saturated heterocycles. The average molecular weight is 539 g/mol. The molecule has 212 valence electrons. The van der Waals surface area contributed by atoms with E-state index in [9.17, 15) is 19.2 Å². The number of Topliss-reactive ketones (excluding diaryl/α,β-unsaturated/α-hetero) is 2. The number of pyridine rings is 2. The number of carbonyl (C=O) groups is 4. The van der Waals surface area contributed by atoms with Crippen molar-refractivity contribution in [2.24, 2.45) is 11.5 Å². The monoisotopic (exact) mass is 538 g/mol. The summed E-state index contributed by atoms with van der Waals surface area (Å²) in [6.07, 6.45) is 15.7. The quantitative estimate of drug-likeness (QED) is 0.147. The Kier molecular flexibility index (Phi) is 14.0. The number of hydrogen-bond acceptors (Lipinski definition) is 8. The van der Waals surface area contributed by atoms with Crippen LogP contribution < -0.4 is 22.1 Å². The van der Waals surface area contributed by atoms with E-state index in [-0.39, 0.29) is 33.8 Å². The van der Waals surface area contributed by atoms with E-state index in [1.165, 1.54) is 56.2 Å². The van der Waals surface area contributed by atoms with Crippen LogP contribution in [0.4, 0.5) is 0 Å². The summed E-state index contributed by atoms with van der Waals surface area (Å²) < 4.78 is 0. The zero-order chi connectivity index (χ0) is 28.6. The smallest absolute Gasteiger partial charge is 0.249 e. The van der Waals surface area contributed by atoms with Gasteiger partial charge in [0, 0.05) is 24.8 Å². The molecule has 0 spiro atoms. The lowest BCUT2D eigenvalue weighted by Gasteiger charge is -2.14. The number of aromatic nitrogens is 2. The molecule has 2 amide bonds. The third-order valence-corrected chi connectivity index (χ3v) is 6.75. The number of ketones is 2. The average Bonchev–Trinajstić information content (AvgIpc) is 2.94. The van der Waals surface area contributed by atoms with Crippen LogP contribution in [-0.2, 0) is 0 Å². The molecule has 0 radical (unpaired) electrons. The second kappa shape index (κ2) is 17.2. The van der Waals surface area contributed by atoms with E-state index in [1.54, 1.807) is 13.8 Å². The molecule has 0 saturated carbocycles. The van der Waals surface area contributed by atoms with E-state index >= 15 is 0 Å². The lowest BCUT2D eigenvalue weighted by molar-refractivity contribution is 0.0932. The Labute approximate surface area is 230 Å². The van der Waals surface area contributed by atoms with Gasteiger partial charge in [-0.2, -0.15) is 0 Å². The largest absolute Gasteiger partial charge is 0.366 e. The van der Waals surface area contributed by atoms with Crippen LogP contribution in [0.25, 0.3) is 0 Å². The summed E-state index contributed by atoms with van der Waals surface area (Å²) in [5, 5.41) is 6.46. The number of hydrogen-bond donors (Lipinski definition) is 4. The molecular weight excluding hydrogens is 496 g/mol. The van der Waals surface area contributed by atoms with Crippen molar-refractivity contribution in [3.05, 3.63) is 59.2 Å². The van der Waals surface area contributed by atoms with Crippen LogP contribution in [-0.4, -0.2) is 58.5 Å². The zero-order valence-corrected chi connectivity index (χ0v) is 23.1. The highest BCUT2D eigenvalue weighted by atomic mass is 16.2. The number of nitrogens with zero attached hydrogens (tertiary/aromatic N) is 2. The molecule has 0 fully saturated rings. The summed E-state index contributed by atoms with van der Waals surface area (Å²) in [6.45, 7) is 5.04. The van der Waals surface area contributed by atoms with Gasteiger partial charge in [0.25, 0.3) is 0 Å². The Morgan fingerprint density at radius 2 is 0.949 bits per heavy atom. The van der Waals surface area contributed by atoms with Gasteiger partial charge in [-0.05, 0) is 51.9 Å². The van der Waals surface area contributed by atoms with Crippen molar-refractivity contribution in [1.82, 2.24) is 20.6 Å². The summed E-state index contributed by atoms with van der Waals surface area (Å²) in [7, 11) is 0. The molecule has 39 heavy (non-hydrogen) atoms. The fourth-order valence-electron chi connectivity index (χ4n) is 4.39. The van der Waals surface area contributed by atoms with Gasteiger partial charge >= 0.3 is 0 Å². The van der Waals surface area contributed by atoms with Crippen LogP contribution in [0.3, 0.4) is 0 Å². The number of nitrogens with one attached hydrogen (secondary N) is 2. The first-order valence-corrected chi connectivity index (χ1v) is 13.8. The summed E-state index contributed by atoms with van der Waals surface area (Å²) in [4.78, 5) is 56.2. The van der Waals surface area contributed by atoms with E-state index in [4.69, 9.17) is 11.5 Å². The lowest BCUT2D eigenvalue weighted by atomic mass is 10.0. The maximum absolute atomic E-state index is 12.6. The van der Waals surface area contributed by atoms with Crippen molar-refractivity contribution in [2.45, 2.75) is 83.7 Å². The second-order valence-corrected chi connectivity index (χ2v) is 9.83. The number of amides is 2. The van der Waals surface area contributed by atoms with Gasteiger partial charge in [-0.25, -0.2) is 0 Å². The van der Waals surface area contributed by atoms with Crippen LogP contribution in [0, 0.1) is 0 Å². The minimum Gasteiger partial charge on any atom is -0.366 e. The van der Waals surface area contributed by atoms with E-state index in [0.29, 0.717) is 0 Å². The van der Waals surface area contributed by atoms with Gasteiger partial charge in [0.1, 0.15) is 0 Å². The molecule has 2 aromatic heterocycles. The van der Waals surface area contributed by atoms with Crippen LogP contribution in [0.1, 0.15) is 113 Å². The van der Waals surface area contributed by atoms with Crippen LogP contribution in [0.15, 0.2) is 36.9 Å². The fourth-order valence-corrected chi connectivity index (χ4v) is 4.39. The van der Waals surface area contributed by atoms with Gasteiger partial charge in [0.05, 0.1) is 34.3 Å². The Bertz CT molecular complexity index is 1020. The van der Waals surface area contributed by atoms with Gasteiger partial charge in [-0.3, -0.25) is 29.1 Å².